The van der Waals surface area contributed by atoms with Crippen molar-refractivity contribution in [2.24, 2.45) is 0 Å². The van der Waals surface area contributed by atoms with Gasteiger partial charge in [0.05, 0.1) is 6.20 Å². The van der Waals surface area contributed by atoms with E-state index in [4.69, 9.17) is 4.74 Å². The maximum Gasteiger partial charge on any atom is 0.328 e. The summed E-state index contributed by atoms with van der Waals surface area (Å²) in [6.45, 7) is 7.43. The van der Waals surface area contributed by atoms with Crippen LogP contribution in [0.1, 0.15) is 38.1 Å². The molecule has 3 N–H and O–H groups in total. The summed E-state index contributed by atoms with van der Waals surface area (Å²) >= 11 is 0. The number of hydrogen-bond donors (Lipinski definition) is 3. The van der Waals surface area contributed by atoms with Crippen LogP contribution < -0.4 is 20.7 Å². The molecule has 8 nitrogen and oxygen atoms in total. The number of aryl methyl sites for hydroxylation is 1. The monoisotopic (exact) mass is 383 g/mol. The number of benzene rings is 1. The van der Waals surface area contributed by atoms with Crippen molar-refractivity contribution in [2.75, 3.05) is 0 Å². The highest BCUT2D eigenvalue weighted by molar-refractivity contribution is 5.96. The van der Waals surface area contributed by atoms with Crippen LogP contribution in [-0.4, -0.2) is 34.3 Å². The van der Waals surface area contributed by atoms with Crippen LogP contribution in [0.15, 0.2) is 42.6 Å². The van der Waals surface area contributed by atoms with Crippen LogP contribution in [0.25, 0.3) is 0 Å². The van der Waals surface area contributed by atoms with E-state index in [9.17, 15) is 9.59 Å². The van der Waals surface area contributed by atoms with Crippen molar-refractivity contribution in [3.8, 4) is 11.5 Å². The summed E-state index contributed by atoms with van der Waals surface area (Å²) in [7, 11) is 0. The first kappa shape index (κ1) is 19.6. The molecule has 2 aromatic rings. The minimum atomic E-state index is -0.657. The summed E-state index contributed by atoms with van der Waals surface area (Å²) < 4.78 is 5.85. The van der Waals surface area contributed by atoms with Gasteiger partial charge in [0.25, 0.3) is 0 Å². The number of carbonyl (C=O) groups is 2. The van der Waals surface area contributed by atoms with Crippen molar-refractivity contribution in [3.05, 3.63) is 53.9 Å². The number of aromatic nitrogens is 1. The maximum atomic E-state index is 12.1. The number of urea groups is 2. The first-order chi connectivity index (χ1) is 13.3. The average molecular weight is 383 g/mol. The Balaban J connectivity index is 1.65. The van der Waals surface area contributed by atoms with Gasteiger partial charge in [-0.1, -0.05) is 12.1 Å². The molecule has 148 valence electrons. The number of amides is 4. The second-order valence-electron chi connectivity index (χ2n) is 6.99. The SMILES string of the molecule is Cc1ccc(Oc2cccc([C@H](C)NC3NC(=O)N(C(C)C)C(=O)N3)c2)cn1. The lowest BCUT2D eigenvalue weighted by Crippen LogP contribution is -2.69. The van der Waals surface area contributed by atoms with Gasteiger partial charge in [0.1, 0.15) is 11.5 Å². The number of carbonyl (C=O) groups excluding carboxylic acids is 2. The highest BCUT2D eigenvalue weighted by atomic mass is 16.5. The van der Waals surface area contributed by atoms with Gasteiger partial charge in [-0.3, -0.25) is 10.3 Å². The zero-order chi connectivity index (χ0) is 20.3. The largest absolute Gasteiger partial charge is 0.456 e. The molecule has 0 unspecified atom stereocenters. The zero-order valence-electron chi connectivity index (χ0n) is 16.4. The van der Waals surface area contributed by atoms with Crippen LogP contribution in [0.5, 0.6) is 11.5 Å². The summed E-state index contributed by atoms with van der Waals surface area (Å²) in [4.78, 5) is 29.7. The minimum Gasteiger partial charge on any atom is -0.456 e. The fourth-order valence-electron chi connectivity index (χ4n) is 2.91. The van der Waals surface area contributed by atoms with Gasteiger partial charge in [-0.15, -0.1) is 0 Å². The maximum absolute atomic E-state index is 12.1. The van der Waals surface area contributed by atoms with Crippen molar-refractivity contribution >= 4 is 12.1 Å². The Kier molecular flexibility index (Phi) is 5.79. The molecule has 1 aliphatic heterocycles. The van der Waals surface area contributed by atoms with Crippen LogP contribution >= 0.6 is 0 Å². The van der Waals surface area contributed by atoms with Gasteiger partial charge in [-0.05, 0) is 57.5 Å². The third-order valence-corrected chi connectivity index (χ3v) is 4.38. The number of hydrogen-bond acceptors (Lipinski definition) is 5. The van der Waals surface area contributed by atoms with E-state index < -0.39 is 18.4 Å². The van der Waals surface area contributed by atoms with Crippen LogP contribution in [-0.2, 0) is 0 Å². The first-order valence-electron chi connectivity index (χ1n) is 9.20. The number of nitrogens with one attached hydrogen (secondary N) is 3. The van der Waals surface area contributed by atoms with Gasteiger partial charge in [0.2, 0.25) is 0 Å². The lowest BCUT2D eigenvalue weighted by atomic mass is 10.1. The fourth-order valence-corrected chi connectivity index (χ4v) is 2.91. The summed E-state index contributed by atoms with van der Waals surface area (Å²) in [5, 5.41) is 8.68. The van der Waals surface area contributed by atoms with E-state index in [1.807, 2.05) is 50.2 Å². The molecule has 0 saturated carbocycles. The van der Waals surface area contributed by atoms with Crippen molar-refractivity contribution in [3.63, 3.8) is 0 Å². The average Bonchev–Trinajstić information content (AvgIpc) is 2.63. The Morgan fingerprint density at radius 1 is 1.07 bits per heavy atom. The normalized spacial score (nSPS) is 16.0. The standard InChI is InChI=1S/C20H25N5O3/c1-12(2)25-19(26)23-18(24-20(25)27)22-14(4)15-6-5-7-16(10-15)28-17-9-8-13(3)21-11-17/h5-12,14,18,22H,1-4H3,(H,23,26)(H,24,27)/t14-/m0/s1. The minimum absolute atomic E-state index is 0.143. The molecule has 1 aromatic carbocycles. The molecule has 0 aliphatic carbocycles. The molecule has 0 bridgehead atoms. The second-order valence-corrected chi connectivity index (χ2v) is 6.99. The Bertz CT molecular complexity index is 835. The second kappa shape index (κ2) is 8.26. The van der Waals surface area contributed by atoms with Crippen LogP contribution in [0.4, 0.5) is 9.59 Å². The molecule has 1 saturated heterocycles. The number of imide groups is 1. The third-order valence-electron chi connectivity index (χ3n) is 4.38. The summed E-state index contributed by atoms with van der Waals surface area (Å²) in [6, 6.07) is 10.2. The van der Waals surface area contributed by atoms with E-state index in [2.05, 4.69) is 20.9 Å². The van der Waals surface area contributed by atoms with Crippen molar-refractivity contribution < 1.29 is 14.3 Å². The first-order valence-corrected chi connectivity index (χ1v) is 9.20. The fraction of sp³-hybridized carbons (Fsp3) is 0.350. The molecule has 1 fully saturated rings. The molecule has 2 heterocycles. The van der Waals surface area contributed by atoms with Crippen LogP contribution in [0.3, 0.4) is 0 Å². The highest BCUT2D eigenvalue weighted by Crippen LogP contribution is 2.24. The molecule has 0 spiro atoms. The molecule has 4 amide bonds. The Hall–Kier alpha value is -3.13. The molecular formula is C20H25N5O3. The van der Waals surface area contributed by atoms with Gasteiger partial charge >= 0.3 is 12.1 Å². The molecule has 1 aliphatic rings. The molecule has 1 atom stereocenters. The van der Waals surface area contributed by atoms with Crippen molar-refractivity contribution in [1.29, 1.82) is 0 Å². The molecule has 8 heteroatoms. The van der Waals surface area contributed by atoms with Crippen LogP contribution in [0.2, 0.25) is 0 Å². The molecule has 28 heavy (non-hydrogen) atoms. The van der Waals surface area contributed by atoms with Gasteiger partial charge in [-0.2, -0.15) is 0 Å². The van der Waals surface area contributed by atoms with E-state index >= 15 is 0 Å². The number of nitrogens with zero attached hydrogens (tertiary/aromatic N) is 2. The van der Waals surface area contributed by atoms with Gasteiger partial charge < -0.3 is 15.4 Å². The number of pyridine rings is 1. The lowest BCUT2D eigenvalue weighted by Gasteiger charge is -2.36. The van der Waals surface area contributed by atoms with Crippen LogP contribution in [0, 0.1) is 6.92 Å². The van der Waals surface area contributed by atoms with E-state index in [-0.39, 0.29) is 12.1 Å². The van der Waals surface area contributed by atoms with E-state index in [1.54, 1.807) is 20.0 Å². The highest BCUT2D eigenvalue weighted by Gasteiger charge is 2.33. The third kappa shape index (κ3) is 4.58. The van der Waals surface area contributed by atoms with E-state index in [0.717, 1.165) is 16.2 Å². The molecule has 0 radical (unpaired) electrons. The van der Waals surface area contributed by atoms with E-state index in [1.165, 1.54) is 0 Å². The Morgan fingerprint density at radius 3 is 2.39 bits per heavy atom. The lowest BCUT2D eigenvalue weighted by molar-refractivity contribution is 0.146. The topological polar surface area (TPSA) is 95.6 Å². The molecule has 3 rings (SSSR count). The van der Waals surface area contributed by atoms with E-state index in [0.29, 0.717) is 11.5 Å². The van der Waals surface area contributed by atoms with Gasteiger partial charge in [-0.25, -0.2) is 14.5 Å². The Labute approximate surface area is 164 Å². The zero-order valence-corrected chi connectivity index (χ0v) is 16.4. The summed E-state index contributed by atoms with van der Waals surface area (Å²) in [5.74, 6) is 1.34. The smallest absolute Gasteiger partial charge is 0.328 e. The van der Waals surface area contributed by atoms with Gasteiger partial charge in [0, 0.05) is 17.8 Å². The predicted octanol–water partition coefficient (Wildman–Crippen LogP) is 3.26. The Morgan fingerprint density at radius 2 is 1.79 bits per heavy atom. The quantitative estimate of drug-likeness (QED) is 0.712. The predicted molar refractivity (Wildman–Crippen MR) is 105 cm³/mol. The summed E-state index contributed by atoms with van der Waals surface area (Å²) in [6.07, 6.45) is 1.02. The van der Waals surface area contributed by atoms with Crippen molar-refractivity contribution in [2.45, 2.75) is 46.1 Å². The molecule has 1 aromatic heterocycles. The van der Waals surface area contributed by atoms with Gasteiger partial charge in [0.15, 0.2) is 6.29 Å². The number of rotatable bonds is 6. The number of ether oxygens (including phenoxy) is 1. The summed E-state index contributed by atoms with van der Waals surface area (Å²) in [5.41, 5.74) is 1.87. The molecular weight excluding hydrogens is 358 g/mol. The van der Waals surface area contributed by atoms with Crippen molar-refractivity contribution in [1.82, 2.24) is 25.8 Å².